The Kier molecular flexibility index (Phi) is 58.0. The molecule has 0 spiro atoms. The largest absolute Gasteiger partial charge is 1.00 e. The van der Waals surface area contributed by atoms with Crippen LogP contribution in [-0.2, 0) is 22.4 Å². The van der Waals surface area contributed by atoms with Gasteiger partial charge in [-0.2, -0.15) is 0 Å². The van der Waals surface area contributed by atoms with Crippen molar-refractivity contribution >= 4 is 144 Å². The number of halogens is 3. The van der Waals surface area contributed by atoms with Crippen molar-refractivity contribution in [2.75, 3.05) is 5.73 Å². The first-order chi connectivity index (χ1) is 62.8. The standard InChI is InChI=1S/C24H19FP.2C24H19NO2P.C18H15P.C6H6N2O2.2CH4.Ag.ClH.FH.HNO3.3NO3.HNO2.H3N.Na/c25-20-16-18-24(19-17-20)26(21-10-4-1-5-11-21,22-12-6-2-7-13-22)23-14-8-3-9-15-23;2*26-25(27)20-16-18-24(19-17-20)28(21-10-4-1-5-11-21,22-12-6-2-7-13-22)23-14-8-3-9-15-23;1-4-10-16(11-5-1)19(17-12-6-2-7-13-17)18-14-8-3-9-15-18;7-5-1-3-6(4-2-5)8(9)10;;;;;;4*2-1(3)4;2-1-3;;/h1-19H;2*1-19H;1-15H;1-4H,7H2;2*1H4;;2*1H;(H,2,3,4);;;;(H,2,3);1H3;/q3*+1;;;;;;;;;3*-1;;;+1/p-1/i25-1;;;;;;;;;1-1;;;;;;;. The van der Waals surface area contributed by atoms with Crippen LogP contribution in [0, 0.1) is 102 Å². The zero-order valence-corrected chi connectivity index (χ0v) is 79.1. The van der Waals surface area contributed by atoms with Gasteiger partial charge in [-0.3, -0.25) is 35.0 Å². The fourth-order valence-corrected chi connectivity index (χ4v) is 28.6. The van der Waals surface area contributed by atoms with Gasteiger partial charge in [0.05, 0.1) is 30.0 Å². The number of hydrogen-bond donors (Lipinski definition) is 3. The Morgan fingerprint density at radius 3 is 0.526 bits per heavy atom. The molecule has 30 nitrogen and oxygen atoms in total. The summed E-state index contributed by atoms with van der Waals surface area (Å²) < 4.78 is 13.7. The van der Waals surface area contributed by atoms with Gasteiger partial charge in [0.2, 0.25) is 0 Å². The van der Waals surface area contributed by atoms with Gasteiger partial charge in [-0.25, -0.2) is 4.39 Å². The number of nitrogens with zero attached hydrogens (tertiary/aromatic N) is 8. The monoisotopic (exact) mass is 2050 g/mol. The van der Waals surface area contributed by atoms with Crippen molar-refractivity contribution in [3.8, 4) is 0 Å². The number of nitro groups is 3. The molecule has 16 aromatic carbocycles. The van der Waals surface area contributed by atoms with E-state index in [2.05, 4.69) is 309 Å². The van der Waals surface area contributed by atoms with Crippen LogP contribution >= 0.6 is 42.1 Å². The fourth-order valence-electron chi connectivity index (χ4n) is 13.6. The predicted molar refractivity (Wildman–Crippen MR) is 547 cm³/mol. The summed E-state index contributed by atoms with van der Waals surface area (Å²) in [6.07, 6.45) is 0. The minimum absolute atomic E-state index is 0. The van der Waals surface area contributed by atoms with Gasteiger partial charge in [0, 0.05) is 64.5 Å². The molecule has 0 unspecified atom stereocenters. The second-order valence-electron chi connectivity index (χ2n) is 26.2. The molecule has 0 aliphatic carbocycles. The average molecular weight is 2060 g/mol. The molecule has 0 amide bonds. The summed E-state index contributed by atoms with van der Waals surface area (Å²) in [6.45, 7) is 0. The Hall–Kier alpha value is -14.7. The topological polar surface area (TPSA) is 505 Å². The molecule has 1 radical (unpaired) electrons. The number of anilines is 1. The van der Waals surface area contributed by atoms with E-state index in [1.165, 1.54) is 87.9 Å². The number of rotatable bonds is 18. The maximum Gasteiger partial charge on any atom is 1.00 e. The molecule has 0 heterocycles. The first kappa shape index (κ1) is 122. The third-order valence-electron chi connectivity index (χ3n) is 18.5. The smallest absolute Gasteiger partial charge is 0.444 e. The molecule has 0 saturated heterocycles. The number of hydrogen-bond acceptors (Lipinski definition) is 22. The van der Waals surface area contributed by atoms with Crippen molar-refractivity contribution in [1.29, 1.82) is 0 Å². The van der Waals surface area contributed by atoms with Gasteiger partial charge in [-0.15, -0.1) is 27.9 Å². The molecule has 707 valence electrons. The molecular weight excluding hydrogens is 1960 g/mol. The van der Waals surface area contributed by atoms with Gasteiger partial charge in [0.15, 0.2) is 0 Å². The summed E-state index contributed by atoms with van der Waals surface area (Å²) in [5, 5.41) is 118. The molecule has 0 aliphatic rings. The van der Waals surface area contributed by atoms with Gasteiger partial charge < -0.3 is 73.2 Å². The molecule has 6 N–H and O–H groups in total. The number of benzene rings is 16. The molecular formula is C98H92AgClF2N10NaO20P4. The van der Waals surface area contributed by atoms with Gasteiger partial charge in [0.25, 0.3) is 22.1 Å². The van der Waals surface area contributed by atoms with E-state index in [-0.39, 0.29) is 123 Å². The van der Waals surface area contributed by atoms with E-state index in [1.54, 1.807) is 36.4 Å². The summed E-state index contributed by atoms with van der Waals surface area (Å²) in [5.74, 6) is -0.207. The quantitative estimate of drug-likeness (QED) is 0.0179. The molecule has 137 heavy (non-hydrogen) atoms. The van der Waals surface area contributed by atoms with Crippen molar-refractivity contribution in [1.82, 2.24) is 6.15 Å². The predicted octanol–water partition coefficient (Wildman–Crippen LogP) is 15.7. The second kappa shape index (κ2) is 65.0. The minimum Gasteiger partial charge on any atom is -0.444 e. The molecule has 0 atom stereocenters. The van der Waals surface area contributed by atoms with Gasteiger partial charge in [-0.05, 0) is 194 Å². The third-order valence-corrected chi connectivity index (χ3v) is 33.9. The molecule has 0 bridgehead atoms. The van der Waals surface area contributed by atoms with Crippen molar-refractivity contribution in [2.24, 2.45) is 5.34 Å². The maximum absolute atomic E-state index is 13.7. The molecule has 0 aliphatic heterocycles. The minimum atomic E-state index is -2.18. The fraction of sp³-hybridized carbons (Fsp3) is 0.0204. The van der Waals surface area contributed by atoms with Crippen LogP contribution in [0.1, 0.15) is 14.9 Å². The van der Waals surface area contributed by atoms with Crippen molar-refractivity contribution in [3.63, 3.8) is 0 Å². The molecule has 0 aromatic heterocycles. The average Bonchev–Trinajstić information content (AvgIpc) is 0.746. The Bertz CT molecular complexity index is 5530. The van der Waals surface area contributed by atoms with Crippen LogP contribution in [0.5, 0.6) is 0 Å². The van der Waals surface area contributed by atoms with E-state index in [9.17, 15) is 34.7 Å². The SMILES string of the molecule is C.C.Cl.N.Nc1ccc([N+](=O)[O-])cc1.O=N[O-].O=[N+]([O-])O.O=[N+]([O-])[O-].O=[N+]([O-])[O-].O=[N+]([O-])[O-].O=[N+]([O-])c1ccc([P+](c2ccccc2)(c2ccccc2)c2ccccc2)cc1.O=[N+]([O-])c1ccc([P+](c2ccccc2)(c2ccccc2)c2ccccc2)cc1.[18FH].[18F]c1ccc([P+](c2ccccc2)(c2ccccc2)c2ccccc2)cc1.[Ag].[Na+].c1ccc(P(c2ccccc2)c2ccccc2)cc1. The van der Waals surface area contributed by atoms with Crippen LogP contribution in [0.25, 0.3) is 0 Å². The number of nitrogens with two attached hydrogens (primary N) is 1. The third kappa shape index (κ3) is 36.6. The first-order valence-electron chi connectivity index (χ1n) is 38.4. The van der Waals surface area contributed by atoms with E-state index in [0.29, 0.717) is 5.69 Å². The van der Waals surface area contributed by atoms with E-state index in [0.717, 1.165) is 21.3 Å². The van der Waals surface area contributed by atoms with Gasteiger partial charge >= 0.3 is 29.6 Å². The number of nitro benzene ring substituents is 3. The summed E-state index contributed by atoms with van der Waals surface area (Å²) in [5.41, 5.74) is 6.12. The van der Waals surface area contributed by atoms with Crippen LogP contribution in [0.2, 0.25) is 0 Å². The Morgan fingerprint density at radius 1 is 0.270 bits per heavy atom. The van der Waals surface area contributed by atoms with Crippen LogP contribution < -0.4 is 121 Å². The second-order valence-corrected chi connectivity index (χ2v) is 38.7. The molecule has 16 rings (SSSR count). The molecule has 0 fully saturated rings. The van der Waals surface area contributed by atoms with Crippen LogP contribution in [0.4, 0.5) is 31.8 Å². The maximum atomic E-state index is 13.7. The molecule has 0 saturated carbocycles. The summed E-state index contributed by atoms with van der Waals surface area (Å²) in [4.78, 5) is 72.4. The van der Waals surface area contributed by atoms with Crippen molar-refractivity contribution < 1.29 is 101 Å². The van der Waals surface area contributed by atoms with E-state index < -0.39 is 55.0 Å². The van der Waals surface area contributed by atoms with Crippen LogP contribution in [0.3, 0.4) is 0 Å². The molecule has 39 heteroatoms. The molecule has 16 aromatic rings. The summed E-state index contributed by atoms with van der Waals surface area (Å²) >= 11 is 0. The van der Waals surface area contributed by atoms with Crippen molar-refractivity contribution in [2.45, 2.75) is 14.9 Å². The van der Waals surface area contributed by atoms with E-state index >= 15 is 0 Å². The Labute approximate surface area is 834 Å². The van der Waals surface area contributed by atoms with Crippen LogP contribution in [-0.4, -0.2) is 40.3 Å². The zero-order valence-electron chi connectivity index (χ0n) is 71.2. The Morgan fingerprint density at radius 2 is 0.387 bits per heavy atom. The summed E-state index contributed by atoms with van der Waals surface area (Å²) in [7, 11) is -6.89. The normalized spacial score (nSPS) is 9.62. The number of nitrogen functional groups attached to an aromatic ring is 1. The Balaban J connectivity index is 0.00000162. The number of non-ortho nitro benzene ring substituents is 3. The van der Waals surface area contributed by atoms with Gasteiger partial charge in [-0.1, -0.05) is 270 Å². The van der Waals surface area contributed by atoms with E-state index in [4.69, 9.17) is 77.1 Å². The zero-order chi connectivity index (χ0) is 94.1. The summed E-state index contributed by atoms with van der Waals surface area (Å²) in [6, 6.07) is 154. The first-order valence-corrected chi connectivity index (χ1v) is 45.1. The van der Waals surface area contributed by atoms with Gasteiger partial charge in [0.1, 0.15) is 91.3 Å². The van der Waals surface area contributed by atoms with Crippen LogP contribution in [0.15, 0.2) is 466 Å². The van der Waals surface area contributed by atoms with E-state index in [1.807, 2.05) is 91.0 Å². The van der Waals surface area contributed by atoms with Crippen molar-refractivity contribution in [3.05, 3.63) is 563 Å².